The van der Waals surface area contributed by atoms with Gasteiger partial charge in [-0.2, -0.15) is 0 Å². The molecule has 0 spiro atoms. The van der Waals surface area contributed by atoms with E-state index >= 15 is 0 Å². The average Bonchev–Trinajstić information content (AvgIpc) is 3.15. The second-order valence-corrected chi connectivity index (χ2v) is 7.05. The summed E-state index contributed by atoms with van der Waals surface area (Å²) in [5, 5.41) is 0.511. The van der Waals surface area contributed by atoms with E-state index < -0.39 is 5.97 Å². The van der Waals surface area contributed by atoms with Crippen LogP contribution in [0.15, 0.2) is 77.9 Å². The molecule has 6 heteroatoms. The molecule has 2 aromatic carbocycles. The highest BCUT2D eigenvalue weighted by molar-refractivity contribution is 7.21. The number of thiophene rings is 1. The lowest BCUT2D eigenvalue weighted by atomic mass is 10.2. The summed E-state index contributed by atoms with van der Waals surface area (Å²) in [6.45, 7) is 0.0197. The summed E-state index contributed by atoms with van der Waals surface area (Å²) >= 11 is 1.46. The van der Waals surface area contributed by atoms with Crippen LogP contribution in [0, 0.1) is 0 Å². The van der Waals surface area contributed by atoms with Gasteiger partial charge in [-0.25, -0.2) is 4.98 Å². The molecule has 2 heterocycles. The van der Waals surface area contributed by atoms with Gasteiger partial charge in [-0.15, -0.1) is 11.3 Å². The van der Waals surface area contributed by atoms with Crippen LogP contribution in [0.3, 0.4) is 0 Å². The number of ether oxygens (including phenoxy) is 1. The molecule has 0 fully saturated rings. The van der Waals surface area contributed by atoms with E-state index in [4.69, 9.17) is 4.74 Å². The van der Waals surface area contributed by atoms with Crippen LogP contribution in [0.1, 0.15) is 5.56 Å². The van der Waals surface area contributed by atoms with E-state index in [1.54, 1.807) is 0 Å². The summed E-state index contributed by atoms with van der Waals surface area (Å²) < 4.78 is 6.54. The minimum atomic E-state index is -0.472. The molecule has 0 unspecified atom stereocenters. The van der Waals surface area contributed by atoms with Crippen LogP contribution in [-0.4, -0.2) is 15.5 Å². The standard InChI is InChI=1S/C21H16N2O3S/c24-19(26-13-15-7-3-1-4-8-15)12-23-14-22-20-17(21(23)25)11-18(27-20)16-9-5-2-6-10-16/h1-11,14H,12-13H2. The fourth-order valence-electron chi connectivity index (χ4n) is 2.74. The van der Waals surface area contributed by atoms with Gasteiger partial charge >= 0.3 is 5.97 Å². The number of hydrogen-bond donors (Lipinski definition) is 0. The molecule has 0 N–H and O–H groups in total. The Bertz CT molecular complexity index is 1130. The van der Waals surface area contributed by atoms with Crippen molar-refractivity contribution in [1.82, 2.24) is 9.55 Å². The third-order valence-corrected chi connectivity index (χ3v) is 5.21. The van der Waals surface area contributed by atoms with Gasteiger partial charge in [0.05, 0.1) is 11.7 Å². The molecule has 0 amide bonds. The summed E-state index contributed by atoms with van der Waals surface area (Å²) in [6, 6.07) is 21.1. The first kappa shape index (κ1) is 17.2. The monoisotopic (exact) mass is 376 g/mol. The summed E-state index contributed by atoms with van der Waals surface area (Å²) in [5.41, 5.74) is 1.70. The van der Waals surface area contributed by atoms with Crippen molar-refractivity contribution in [3.63, 3.8) is 0 Å². The minimum absolute atomic E-state index is 0.162. The third kappa shape index (κ3) is 3.80. The molecule has 0 saturated carbocycles. The largest absolute Gasteiger partial charge is 0.459 e. The van der Waals surface area contributed by atoms with Crippen molar-refractivity contribution >= 4 is 27.5 Å². The zero-order chi connectivity index (χ0) is 18.6. The first-order valence-corrected chi connectivity index (χ1v) is 9.26. The Morgan fingerprint density at radius 1 is 1.04 bits per heavy atom. The molecule has 4 rings (SSSR count). The van der Waals surface area contributed by atoms with Gasteiger partial charge in [-0.3, -0.25) is 14.2 Å². The fourth-order valence-corrected chi connectivity index (χ4v) is 3.73. The van der Waals surface area contributed by atoms with Gasteiger partial charge in [0, 0.05) is 4.88 Å². The predicted molar refractivity (Wildman–Crippen MR) is 106 cm³/mol. The third-order valence-electron chi connectivity index (χ3n) is 4.12. The molecule has 0 aliphatic carbocycles. The van der Waals surface area contributed by atoms with Crippen molar-refractivity contribution in [2.24, 2.45) is 0 Å². The molecule has 4 aromatic rings. The second kappa shape index (κ2) is 7.55. The molecule has 134 valence electrons. The first-order valence-electron chi connectivity index (χ1n) is 8.44. The molecular formula is C21H16N2O3S. The van der Waals surface area contributed by atoms with E-state index in [-0.39, 0.29) is 18.7 Å². The highest BCUT2D eigenvalue weighted by Gasteiger charge is 2.13. The topological polar surface area (TPSA) is 61.2 Å². The second-order valence-electron chi connectivity index (χ2n) is 6.02. The van der Waals surface area contributed by atoms with Crippen molar-refractivity contribution < 1.29 is 9.53 Å². The lowest BCUT2D eigenvalue weighted by Crippen LogP contribution is -2.25. The van der Waals surface area contributed by atoms with Gasteiger partial charge < -0.3 is 4.74 Å². The van der Waals surface area contributed by atoms with Crippen LogP contribution in [0.25, 0.3) is 20.7 Å². The quantitative estimate of drug-likeness (QED) is 0.496. The Balaban J connectivity index is 1.53. The maximum atomic E-state index is 12.7. The number of aromatic nitrogens is 2. The SMILES string of the molecule is O=C(Cn1cnc2sc(-c3ccccc3)cc2c1=O)OCc1ccccc1. The van der Waals surface area contributed by atoms with E-state index in [1.807, 2.05) is 66.7 Å². The Hall–Kier alpha value is -3.25. The van der Waals surface area contributed by atoms with Crippen molar-refractivity contribution in [3.8, 4) is 10.4 Å². The van der Waals surface area contributed by atoms with Gasteiger partial charge in [0.15, 0.2) is 0 Å². The maximum absolute atomic E-state index is 12.7. The van der Waals surface area contributed by atoms with Crippen LogP contribution in [0.5, 0.6) is 0 Å². The van der Waals surface area contributed by atoms with Crippen LogP contribution >= 0.6 is 11.3 Å². The van der Waals surface area contributed by atoms with Gasteiger partial charge in [-0.1, -0.05) is 60.7 Å². The van der Waals surface area contributed by atoms with Gasteiger partial charge in [0.2, 0.25) is 0 Å². The highest BCUT2D eigenvalue weighted by atomic mass is 32.1. The fraction of sp³-hybridized carbons (Fsp3) is 0.0952. The van der Waals surface area contributed by atoms with E-state index in [2.05, 4.69) is 4.98 Å². The van der Waals surface area contributed by atoms with Crippen LogP contribution < -0.4 is 5.56 Å². The molecule has 0 aliphatic rings. The van der Waals surface area contributed by atoms with E-state index in [0.29, 0.717) is 10.2 Å². The number of esters is 1. The molecule has 0 radical (unpaired) electrons. The maximum Gasteiger partial charge on any atom is 0.326 e. The van der Waals surface area contributed by atoms with Crippen molar-refractivity contribution in [1.29, 1.82) is 0 Å². The number of hydrogen-bond acceptors (Lipinski definition) is 5. The molecule has 5 nitrogen and oxygen atoms in total. The normalized spacial score (nSPS) is 10.8. The van der Waals surface area contributed by atoms with Gasteiger partial charge in [-0.05, 0) is 17.2 Å². The Morgan fingerprint density at radius 2 is 1.74 bits per heavy atom. The Morgan fingerprint density at radius 3 is 2.48 bits per heavy atom. The Labute approximate surface area is 159 Å². The summed E-state index contributed by atoms with van der Waals surface area (Å²) in [5.74, 6) is -0.472. The molecule has 27 heavy (non-hydrogen) atoms. The van der Waals surface area contributed by atoms with Crippen LogP contribution in [0.2, 0.25) is 0 Å². The Kier molecular flexibility index (Phi) is 4.80. The van der Waals surface area contributed by atoms with E-state index in [9.17, 15) is 9.59 Å². The van der Waals surface area contributed by atoms with Gasteiger partial charge in [0.25, 0.3) is 5.56 Å². The highest BCUT2D eigenvalue weighted by Crippen LogP contribution is 2.30. The molecule has 0 saturated heterocycles. The minimum Gasteiger partial charge on any atom is -0.459 e. The summed E-state index contributed by atoms with van der Waals surface area (Å²) in [6.07, 6.45) is 1.40. The number of carbonyl (C=O) groups excluding carboxylic acids is 1. The number of carbonyl (C=O) groups is 1. The number of benzene rings is 2. The first-order chi connectivity index (χ1) is 13.2. The van der Waals surface area contributed by atoms with Crippen molar-refractivity contribution in [2.45, 2.75) is 13.2 Å². The molecule has 0 atom stereocenters. The zero-order valence-corrected chi connectivity index (χ0v) is 15.2. The lowest BCUT2D eigenvalue weighted by molar-refractivity contribution is -0.145. The van der Waals surface area contributed by atoms with Crippen molar-refractivity contribution in [3.05, 3.63) is 89.0 Å². The molecule has 2 aromatic heterocycles. The smallest absolute Gasteiger partial charge is 0.326 e. The molecule has 0 aliphatic heterocycles. The van der Waals surface area contributed by atoms with Crippen LogP contribution in [0.4, 0.5) is 0 Å². The summed E-state index contributed by atoms with van der Waals surface area (Å²) in [7, 11) is 0. The predicted octanol–water partition coefficient (Wildman–Crippen LogP) is 3.87. The van der Waals surface area contributed by atoms with Gasteiger partial charge in [0.1, 0.15) is 18.0 Å². The lowest BCUT2D eigenvalue weighted by Gasteiger charge is -2.06. The molecule has 0 bridgehead atoms. The van der Waals surface area contributed by atoms with E-state index in [1.165, 1.54) is 22.2 Å². The summed E-state index contributed by atoms with van der Waals surface area (Å²) in [4.78, 5) is 30.8. The average molecular weight is 376 g/mol. The van der Waals surface area contributed by atoms with Crippen molar-refractivity contribution in [2.75, 3.05) is 0 Å². The van der Waals surface area contributed by atoms with E-state index in [0.717, 1.165) is 16.0 Å². The number of nitrogens with zero attached hydrogens (tertiary/aromatic N) is 2. The zero-order valence-electron chi connectivity index (χ0n) is 14.4. The number of fused-ring (bicyclic) bond motifs is 1. The number of rotatable bonds is 5. The molecular weight excluding hydrogens is 360 g/mol. The van der Waals surface area contributed by atoms with Crippen LogP contribution in [-0.2, 0) is 22.7 Å².